The molecule has 0 rings (SSSR count). The Morgan fingerprint density at radius 3 is 2.50 bits per heavy atom. The molecule has 7 nitrogen and oxygen atoms in total. The minimum absolute atomic E-state index is 0.0677. The average molecular weight is 320 g/mol. The molecule has 0 aromatic heterocycles. The summed E-state index contributed by atoms with van der Waals surface area (Å²) in [5.41, 5.74) is 0. The van der Waals surface area contributed by atoms with Gasteiger partial charge in [-0.2, -0.15) is 0 Å². The van der Waals surface area contributed by atoms with Gasteiger partial charge in [-0.05, 0) is 6.42 Å². The maximum atomic E-state index is 11.2. The molecular weight excluding hydrogens is 292 g/mol. The first-order chi connectivity index (χ1) is 10.6. The van der Waals surface area contributed by atoms with Gasteiger partial charge in [-0.3, -0.25) is 0 Å². The molecule has 0 aromatic rings. The number of hydrogen-bond acceptors (Lipinski definition) is 7. The molecular formula is C15H28O7. The second kappa shape index (κ2) is 13.7. The molecule has 0 aliphatic carbocycles. The molecule has 0 radical (unpaired) electrons. The number of aliphatic hydroxyl groups is 2. The SMILES string of the molecule is C=CC(=O)OC(O)(COCCOCCO)OCCCCCC. The molecule has 0 spiro atoms. The molecule has 0 fully saturated rings. The van der Waals surface area contributed by atoms with Crippen molar-refractivity contribution in [1.82, 2.24) is 0 Å². The molecule has 130 valence electrons. The lowest BCUT2D eigenvalue weighted by atomic mass is 10.2. The van der Waals surface area contributed by atoms with Crippen molar-refractivity contribution in [1.29, 1.82) is 0 Å². The van der Waals surface area contributed by atoms with Crippen LogP contribution in [0.1, 0.15) is 32.6 Å². The van der Waals surface area contributed by atoms with Crippen LogP contribution < -0.4 is 0 Å². The standard InChI is InChI=1S/C15H28O7/c1-3-5-6-7-9-21-15(18,22-14(17)4-2)13-20-12-11-19-10-8-16/h4,16,18H,2-3,5-13H2,1H3. The summed E-state index contributed by atoms with van der Waals surface area (Å²) in [7, 11) is 0. The van der Waals surface area contributed by atoms with Crippen molar-refractivity contribution in [2.75, 3.05) is 39.6 Å². The summed E-state index contributed by atoms with van der Waals surface area (Å²) >= 11 is 0. The topological polar surface area (TPSA) is 94.5 Å². The van der Waals surface area contributed by atoms with E-state index >= 15 is 0 Å². The van der Waals surface area contributed by atoms with E-state index in [0.717, 1.165) is 31.8 Å². The number of rotatable bonds is 15. The molecule has 0 aliphatic heterocycles. The lowest BCUT2D eigenvalue weighted by Gasteiger charge is -2.26. The molecule has 1 atom stereocenters. The number of hydrogen-bond donors (Lipinski definition) is 2. The molecule has 0 heterocycles. The summed E-state index contributed by atoms with van der Waals surface area (Å²) in [4.78, 5) is 11.2. The quantitative estimate of drug-likeness (QED) is 0.201. The number of carbonyl (C=O) groups excluding carboxylic acids is 1. The van der Waals surface area contributed by atoms with Gasteiger partial charge in [-0.15, -0.1) is 0 Å². The number of unbranched alkanes of at least 4 members (excludes halogenated alkanes) is 3. The van der Waals surface area contributed by atoms with E-state index in [1.165, 1.54) is 0 Å². The van der Waals surface area contributed by atoms with Crippen LogP contribution in [0, 0.1) is 0 Å². The molecule has 0 aromatic carbocycles. The van der Waals surface area contributed by atoms with Crippen molar-refractivity contribution in [3.63, 3.8) is 0 Å². The first kappa shape index (κ1) is 21.0. The molecule has 0 amide bonds. The molecule has 1 unspecified atom stereocenters. The second-order valence-electron chi connectivity index (χ2n) is 4.64. The smallest absolute Gasteiger partial charge is 0.351 e. The van der Waals surface area contributed by atoms with Crippen LogP contribution in [0.15, 0.2) is 12.7 Å². The van der Waals surface area contributed by atoms with E-state index in [1.807, 2.05) is 0 Å². The van der Waals surface area contributed by atoms with Crippen LogP contribution in [0.4, 0.5) is 0 Å². The third-order valence-corrected chi connectivity index (χ3v) is 2.64. The van der Waals surface area contributed by atoms with E-state index < -0.39 is 11.9 Å². The highest BCUT2D eigenvalue weighted by molar-refractivity contribution is 5.81. The van der Waals surface area contributed by atoms with Gasteiger partial charge >= 0.3 is 11.9 Å². The van der Waals surface area contributed by atoms with Crippen molar-refractivity contribution in [3.05, 3.63) is 12.7 Å². The Bertz CT molecular complexity index is 296. The summed E-state index contributed by atoms with van der Waals surface area (Å²) in [5, 5.41) is 18.7. The van der Waals surface area contributed by atoms with Gasteiger partial charge in [-0.25, -0.2) is 4.79 Å². The van der Waals surface area contributed by atoms with Gasteiger partial charge in [0.25, 0.3) is 0 Å². The average Bonchev–Trinajstić information content (AvgIpc) is 2.50. The lowest BCUT2D eigenvalue weighted by Crippen LogP contribution is -2.43. The monoisotopic (exact) mass is 320 g/mol. The van der Waals surface area contributed by atoms with E-state index in [4.69, 9.17) is 24.1 Å². The largest absolute Gasteiger partial charge is 0.403 e. The fourth-order valence-corrected chi connectivity index (χ4v) is 1.55. The Morgan fingerprint density at radius 1 is 1.14 bits per heavy atom. The van der Waals surface area contributed by atoms with Crippen molar-refractivity contribution >= 4 is 5.97 Å². The van der Waals surface area contributed by atoms with Crippen molar-refractivity contribution in [3.8, 4) is 0 Å². The van der Waals surface area contributed by atoms with Crippen LogP contribution in [-0.4, -0.2) is 61.8 Å². The van der Waals surface area contributed by atoms with E-state index in [0.29, 0.717) is 0 Å². The summed E-state index contributed by atoms with van der Waals surface area (Å²) < 4.78 is 20.2. The van der Waals surface area contributed by atoms with Gasteiger partial charge in [0, 0.05) is 6.08 Å². The second-order valence-corrected chi connectivity index (χ2v) is 4.64. The first-order valence-electron chi connectivity index (χ1n) is 7.56. The maximum Gasteiger partial charge on any atom is 0.351 e. The van der Waals surface area contributed by atoms with Gasteiger partial charge in [0.05, 0.1) is 33.0 Å². The number of esters is 1. The van der Waals surface area contributed by atoms with Crippen molar-refractivity contribution < 1.29 is 34.0 Å². The zero-order valence-corrected chi connectivity index (χ0v) is 13.3. The normalized spacial score (nSPS) is 13.6. The van der Waals surface area contributed by atoms with Crippen LogP contribution in [0.25, 0.3) is 0 Å². The molecule has 7 heteroatoms. The fraction of sp³-hybridized carbons (Fsp3) is 0.800. The van der Waals surface area contributed by atoms with Gasteiger partial charge in [0.15, 0.2) is 0 Å². The third-order valence-electron chi connectivity index (χ3n) is 2.64. The summed E-state index contributed by atoms with van der Waals surface area (Å²) in [6, 6.07) is 0. The molecule has 0 aliphatic rings. The van der Waals surface area contributed by atoms with Crippen LogP contribution in [0.3, 0.4) is 0 Å². The predicted octanol–water partition coefficient (Wildman–Crippen LogP) is 0.984. The van der Waals surface area contributed by atoms with E-state index in [2.05, 4.69) is 13.5 Å². The number of aliphatic hydroxyl groups excluding tert-OH is 1. The van der Waals surface area contributed by atoms with Crippen LogP contribution in [-0.2, 0) is 23.7 Å². The molecule has 0 saturated carbocycles. The zero-order chi connectivity index (χ0) is 16.7. The van der Waals surface area contributed by atoms with Crippen LogP contribution in [0.5, 0.6) is 0 Å². The number of ether oxygens (including phenoxy) is 4. The van der Waals surface area contributed by atoms with E-state index in [1.54, 1.807) is 0 Å². The third kappa shape index (κ3) is 11.6. The summed E-state index contributed by atoms with van der Waals surface area (Å²) in [5.74, 6) is -2.93. The van der Waals surface area contributed by atoms with E-state index in [-0.39, 0.29) is 39.6 Å². The minimum Gasteiger partial charge on any atom is -0.403 e. The van der Waals surface area contributed by atoms with Gasteiger partial charge < -0.3 is 29.2 Å². The molecule has 22 heavy (non-hydrogen) atoms. The van der Waals surface area contributed by atoms with Gasteiger partial charge in [0.1, 0.15) is 6.61 Å². The highest BCUT2D eigenvalue weighted by Gasteiger charge is 2.32. The summed E-state index contributed by atoms with van der Waals surface area (Å²) in [6.07, 6.45) is 4.83. The molecule has 2 N–H and O–H groups in total. The minimum atomic E-state index is -2.13. The summed E-state index contributed by atoms with van der Waals surface area (Å²) in [6.45, 7) is 5.86. The molecule has 0 bridgehead atoms. The first-order valence-corrected chi connectivity index (χ1v) is 7.56. The van der Waals surface area contributed by atoms with Gasteiger partial charge in [0.2, 0.25) is 0 Å². The van der Waals surface area contributed by atoms with Crippen molar-refractivity contribution in [2.24, 2.45) is 0 Å². The predicted molar refractivity (Wildman–Crippen MR) is 80.1 cm³/mol. The van der Waals surface area contributed by atoms with E-state index in [9.17, 15) is 9.90 Å². The Labute approximate surface area is 131 Å². The lowest BCUT2D eigenvalue weighted by molar-refractivity contribution is -0.357. The Kier molecular flexibility index (Phi) is 13.0. The maximum absolute atomic E-state index is 11.2. The van der Waals surface area contributed by atoms with Gasteiger partial charge in [-0.1, -0.05) is 32.8 Å². The Balaban J connectivity index is 4.10. The molecule has 0 saturated heterocycles. The Morgan fingerprint density at radius 2 is 1.86 bits per heavy atom. The van der Waals surface area contributed by atoms with Crippen LogP contribution >= 0.6 is 0 Å². The number of carbonyl (C=O) groups is 1. The highest BCUT2D eigenvalue weighted by Crippen LogP contribution is 2.13. The van der Waals surface area contributed by atoms with Crippen LogP contribution in [0.2, 0.25) is 0 Å². The zero-order valence-electron chi connectivity index (χ0n) is 13.3. The fourth-order valence-electron chi connectivity index (χ4n) is 1.55. The highest BCUT2D eigenvalue weighted by atomic mass is 16.8. The Hall–Kier alpha value is -0.990. The van der Waals surface area contributed by atoms with Crippen molar-refractivity contribution in [2.45, 2.75) is 38.6 Å².